The maximum Gasteiger partial charge on any atom is 0.337 e. The third-order valence-electron chi connectivity index (χ3n) is 3.11. The van der Waals surface area contributed by atoms with Crippen molar-refractivity contribution in [3.8, 4) is 0 Å². The summed E-state index contributed by atoms with van der Waals surface area (Å²) < 4.78 is 0. The highest BCUT2D eigenvalue weighted by molar-refractivity contribution is 5.94. The first-order chi connectivity index (χ1) is 9.29. The second-order valence-corrected chi connectivity index (χ2v) is 6.09. The lowest BCUT2D eigenvalue weighted by Crippen LogP contribution is -2.34. The summed E-state index contributed by atoms with van der Waals surface area (Å²) in [4.78, 5) is 13.5. The predicted molar refractivity (Wildman–Crippen MR) is 83.6 cm³/mol. The average Bonchev–Trinajstić information content (AvgIpc) is 2.29. The number of aromatic carboxylic acids is 1. The lowest BCUT2D eigenvalue weighted by molar-refractivity contribution is 0.0698. The summed E-state index contributed by atoms with van der Waals surface area (Å²) >= 11 is 0. The van der Waals surface area contributed by atoms with Crippen LogP contribution in [0.3, 0.4) is 0 Å². The molecule has 0 spiro atoms. The van der Waals surface area contributed by atoms with Gasteiger partial charge in [0.25, 0.3) is 0 Å². The summed E-state index contributed by atoms with van der Waals surface area (Å²) in [7, 11) is 4.06. The third-order valence-corrected chi connectivity index (χ3v) is 3.11. The molecule has 4 nitrogen and oxygen atoms in total. The van der Waals surface area contributed by atoms with Crippen molar-refractivity contribution in [3.05, 3.63) is 29.3 Å². The molecule has 0 aromatic heterocycles. The van der Waals surface area contributed by atoms with Gasteiger partial charge in [-0.25, -0.2) is 4.79 Å². The van der Waals surface area contributed by atoms with Crippen molar-refractivity contribution in [1.82, 2.24) is 4.90 Å². The van der Waals surface area contributed by atoms with Crippen molar-refractivity contribution < 1.29 is 9.90 Å². The Morgan fingerprint density at radius 1 is 1.35 bits per heavy atom. The van der Waals surface area contributed by atoms with E-state index < -0.39 is 5.97 Å². The van der Waals surface area contributed by atoms with Crippen molar-refractivity contribution >= 4 is 11.7 Å². The fraction of sp³-hybridized carbons (Fsp3) is 0.562. The third kappa shape index (κ3) is 5.21. The van der Waals surface area contributed by atoms with Gasteiger partial charge in [0, 0.05) is 18.3 Å². The summed E-state index contributed by atoms with van der Waals surface area (Å²) in [5, 5.41) is 12.7. The molecule has 1 aromatic carbocycles. The van der Waals surface area contributed by atoms with E-state index >= 15 is 0 Å². The van der Waals surface area contributed by atoms with Crippen molar-refractivity contribution in [3.63, 3.8) is 0 Å². The van der Waals surface area contributed by atoms with E-state index in [-0.39, 0.29) is 6.04 Å². The summed E-state index contributed by atoms with van der Waals surface area (Å²) in [5.41, 5.74) is 2.01. The van der Waals surface area contributed by atoms with Gasteiger partial charge in [-0.05, 0) is 45.5 Å². The second kappa shape index (κ2) is 7.29. The quantitative estimate of drug-likeness (QED) is 0.805. The number of carboxylic acids is 1. The van der Waals surface area contributed by atoms with Gasteiger partial charge in [0.15, 0.2) is 0 Å². The molecule has 0 aliphatic heterocycles. The number of rotatable bonds is 7. The molecular formula is C16H26N2O2. The van der Waals surface area contributed by atoms with E-state index in [0.29, 0.717) is 17.2 Å². The normalized spacial score (nSPS) is 12.8. The zero-order chi connectivity index (χ0) is 15.3. The van der Waals surface area contributed by atoms with Gasteiger partial charge in [-0.2, -0.15) is 0 Å². The van der Waals surface area contributed by atoms with Gasteiger partial charge >= 0.3 is 5.97 Å². The Bertz CT molecular complexity index is 446. The van der Waals surface area contributed by atoms with Crippen LogP contribution in [0.1, 0.15) is 36.2 Å². The van der Waals surface area contributed by atoms with Crippen LogP contribution in [0.25, 0.3) is 0 Å². The molecule has 1 aromatic rings. The molecule has 0 bridgehead atoms. The summed E-state index contributed by atoms with van der Waals surface area (Å²) in [6.45, 7) is 7.14. The first-order valence-corrected chi connectivity index (χ1v) is 7.04. The van der Waals surface area contributed by atoms with Gasteiger partial charge in [-0.3, -0.25) is 0 Å². The maximum absolute atomic E-state index is 11.3. The van der Waals surface area contributed by atoms with E-state index in [1.54, 1.807) is 6.07 Å². The number of nitrogens with one attached hydrogen (secondary N) is 1. The molecule has 0 fully saturated rings. The fourth-order valence-electron chi connectivity index (χ4n) is 2.37. The Morgan fingerprint density at radius 3 is 2.50 bits per heavy atom. The molecule has 0 saturated heterocycles. The molecule has 4 heteroatoms. The molecule has 1 unspecified atom stereocenters. The topological polar surface area (TPSA) is 52.6 Å². The monoisotopic (exact) mass is 278 g/mol. The molecular weight excluding hydrogens is 252 g/mol. The van der Waals surface area contributed by atoms with Crippen LogP contribution >= 0.6 is 0 Å². The molecule has 1 rings (SSSR count). The predicted octanol–water partition coefficient (Wildman–Crippen LogP) is 3.08. The number of likely N-dealkylation sites (N-methyl/N-ethyl adjacent to an activating group) is 1. The summed E-state index contributed by atoms with van der Waals surface area (Å²) in [6, 6.07) is 5.76. The Morgan fingerprint density at radius 2 is 2.00 bits per heavy atom. The number of carbonyl (C=O) groups is 1. The molecule has 0 heterocycles. The zero-order valence-electron chi connectivity index (χ0n) is 13.1. The van der Waals surface area contributed by atoms with E-state index in [9.17, 15) is 9.90 Å². The summed E-state index contributed by atoms with van der Waals surface area (Å²) in [6.07, 6.45) is 1.01. The highest BCUT2D eigenvalue weighted by atomic mass is 16.4. The lowest BCUT2D eigenvalue weighted by atomic mass is 10.0. The van der Waals surface area contributed by atoms with E-state index in [0.717, 1.165) is 18.5 Å². The van der Waals surface area contributed by atoms with Crippen LogP contribution in [-0.2, 0) is 0 Å². The van der Waals surface area contributed by atoms with Gasteiger partial charge < -0.3 is 15.3 Å². The Kier molecular flexibility index (Phi) is 6.02. The number of carboxylic acid groups (broad SMARTS) is 1. The Hall–Kier alpha value is -1.55. The molecule has 0 amide bonds. The standard InChI is InChI=1S/C16H26N2O2/c1-11(2)8-13(10-18(4)5)17-15-7-6-12(3)9-14(15)16(19)20/h6-7,9,11,13,17H,8,10H2,1-5H3,(H,19,20). The second-order valence-electron chi connectivity index (χ2n) is 6.09. The van der Waals surface area contributed by atoms with Gasteiger partial charge in [-0.1, -0.05) is 25.5 Å². The van der Waals surface area contributed by atoms with Crippen LogP contribution in [0.5, 0.6) is 0 Å². The van der Waals surface area contributed by atoms with Gasteiger partial charge in [0.1, 0.15) is 0 Å². The van der Waals surface area contributed by atoms with Crippen molar-refractivity contribution in [2.75, 3.05) is 26.0 Å². The number of nitrogens with zero attached hydrogens (tertiary/aromatic N) is 1. The van der Waals surface area contributed by atoms with Crippen molar-refractivity contribution in [2.45, 2.75) is 33.2 Å². The SMILES string of the molecule is Cc1ccc(NC(CC(C)C)CN(C)C)c(C(=O)O)c1. The van der Waals surface area contributed by atoms with Crippen LogP contribution in [0.15, 0.2) is 18.2 Å². The number of benzene rings is 1. The van der Waals surface area contributed by atoms with Crippen LogP contribution in [0, 0.1) is 12.8 Å². The van der Waals surface area contributed by atoms with Crippen LogP contribution in [-0.4, -0.2) is 42.7 Å². The minimum Gasteiger partial charge on any atom is -0.478 e. The molecule has 20 heavy (non-hydrogen) atoms. The number of anilines is 1. The lowest BCUT2D eigenvalue weighted by Gasteiger charge is -2.25. The zero-order valence-corrected chi connectivity index (χ0v) is 13.1. The molecule has 0 saturated carbocycles. The number of aryl methyl sites for hydroxylation is 1. The average molecular weight is 278 g/mol. The van der Waals surface area contributed by atoms with Crippen molar-refractivity contribution in [1.29, 1.82) is 0 Å². The van der Waals surface area contributed by atoms with Crippen LogP contribution in [0.4, 0.5) is 5.69 Å². The first-order valence-electron chi connectivity index (χ1n) is 7.04. The maximum atomic E-state index is 11.3. The Labute approximate surface area is 121 Å². The molecule has 0 aliphatic carbocycles. The molecule has 0 aliphatic rings. The van der Waals surface area contributed by atoms with Crippen LogP contribution < -0.4 is 5.32 Å². The molecule has 1 atom stereocenters. The van der Waals surface area contributed by atoms with Gasteiger partial charge in [-0.15, -0.1) is 0 Å². The fourth-order valence-corrected chi connectivity index (χ4v) is 2.37. The Balaban J connectivity index is 2.94. The molecule has 0 radical (unpaired) electrons. The molecule has 2 N–H and O–H groups in total. The van der Waals surface area contributed by atoms with E-state index in [1.165, 1.54) is 0 Å². The highest BCUT2D eigenvalue weighted by Gasteiger charge is 2.16. The molecule has 112 valence electrons. The minimum absolute atomic E-state index is 0.241. The smallest absolute Gasteiger partial charge is 0.337 e. The van der Waals surface area contributed by atoms with Crippen molar-refractivity contribution in [2.24, 2.45) is 5.92 Å². The van der Waals surface area contributed by atoms with E-state index in [2.05, 4.69) is 24.1 Å². The van der Waals surface area contributed by atoms with Gasteiger partial charge in [0.05, 0.1) is 5.56 Å². The van der Waals surface area contributed by atoms with E-state index in [1.807, 2.05) is 33.2 Å². The van der Waals surface area contributed by atoms with Crippen LogP contribution in [0.2, 0.25) is 0 Å². The number of hydrogen-bond donors (Lipinski definition) is 2. The van der Waals surface area contributed by atoms with E-state index in [4.69, 9.17) is 0 Å². The summed E-state index contributed by atoms with van der Waals surface area (Å²) in [5.74, 6) is -0.324. The number of hydrogen-bond acceptors (Lipinski definition) is 3. The largest absolute Gasteiger partial charge is 0.478 e. The minimum atomic E-state index is -0.885. The first kappa shape index (κ1) is 16.5. The van der Waals surface area contributed by atoms with Gasteiger partial charge in [0.2, 0.25) is 0 Å². The highest BCUT2D eigenvalue weighted by Crippen LogP contribution is 2.20.